The predicted octanol–water partition coefficient (Wildman–Crippen LogP) is 6.29. The van der Waals surface area contributed by atoms with E-state index in [1.807, 2.05) is 43.3 Å². The maximum absolute atomic E-state index is 14.3. The summed E-state index contributed by atoms with van der Waals surface area (Å²) in [7, 11) is 0. The third-order valence-electron chi connectivity index (χ3n) is 8.04. The van der Waals surface area contributed by atoms with Crippen LogP contribution in [0.2, 0.25) is 5.02 Å². The van der Waals surface area contributed by atoms with Crippen molar-refractivity contribution < 1.29 is 14.3 Å². The number of carbonyl (C=O) groups is 2. The van der Waals surface area contributed by atoms with Gasteiger partial charge in [-0.3, -0.25) is 14.7 Å². The Morgan fingerprint density at radius 2 is 2.00 bits per heavy atom. The lowest BCUT2D eigenvalue weighted by Crippen LogP contribution is -2.57. The Hall–Kier alpha value is -4.30. The molecule has 6 rings (SSSR count). The second-order valence-corrected chi connectivity index (χ2v) is 11.3. The van der Waals surface area contributed by atoms with Gasteiger partial charge in [-0.2, -0.15) is 5.10 Å². The number of nitrogens with one attached hydrogen (secondary N) is 2. The van der Waals surface area contributed by atoms with Crippen molar-refractivity contribution in [3.8, 4) is 16.9 Å². The largest absolute Gasteiger partial charge is 0.489 e. The van der Waals surface area contributed by atoms with E-state index in [0.717, 1.165) is 38.8 Å². The van der Waals surface area contributed by atoms with Crippen LogP contribution in [-0.4, -0.2) is 64.1 Å². The molecule has 210 valence electrons. The lowest BCUT2D eigenvalue weighted by Gasteiger charge is -2.39. The molecule has 9 heteroatoms. The number of hydrogen-bond donors (Lipinski definition) is 2. The molecule has 0 unspecified atom stereocenters. The molecule has 1 fully saturated rings. The van der Waals surface area contributed by atoms with Gasteiger partial charge in [-0.1, -0.05) is 56.3 Å². The van der Waals surface area contributed by atoms with Gasteiger partial charge in [0.05, 0.1) is 28.5 Å². The SMILES string of the molecule is C=CC(=O)N1CCN2C(=O)c3c(Nc4ccccc4C(C)C)cc(-c4c(C)ccc5[nH]ncc45)c(Cl)c3OC[C@H]2C1. The maximum Gasteiger partial charge on any atom is 0.260 e. The number of fused-ring (bicyclic) bond motifs is 3. The number of nitrogens with zero attached hydrogens (tertiary/aromatic N) is 3. The van der Waals surface area contributed by atoms with E-state index < -0.39 is 0 Å². The third kappa shape index (κ3) is 4.62. The van der Waals surface area contributed by atoms with Gasteiger partial charge >= 0.3 is 0 Å². The molecular formula is C32H32ClN5O3. The Bertz CT molecular complexity index is 1690. The number of H-pyrrole nitrogens is 1. The van der Waals surface area contributed by atoms with E-state index in [4.69, 9.17) is 16.3 Å². The first kappa shape index (κ1) is 26.9. The average molecular weight is 570 g/mol. The molecule has 0 saturated carbocycles. The fourth-order valence-electron chi connectivity index (χ4n) is 5.92. The molecule has 2 aliphatic heterocycles. The minimum atomic E-state index is -0.318. The number of amides is 2. The van der Waals surface area contributed by atoms with Gasteiger partial charge in [-0.05, 0) is 53.8 Å². The Morgan fingerprint density at radius 1 is 1.20 bits per heavy atom. The van der Waals surface area contributed by atoms with Crippen LogP contribution in [0.4, 0.5) is 11.4 Å². The highest BCUT2D eigenvalue weighted by atomic mass is 35.5. The first-order valence-electron chi connectivity index (χ1n) is 13.8. The van der Waals surface area contributed by atoms with Gasteiger partial charge in [-0.25, -0.2) is 0 Å². The molecular weight excluding hydrogens is 538 g/mol. The molecule has 0 aliphatic carbocycles. The quantitative estimate of drug-likeness (QED) is 0.276. The van der Waals surface area contributed by atoms with Crippen LogP contribution >= 0.6 is 11.6 Å². The number of anilines is 2. The highest BCUT2D eigenvalue weighted by Gasteiger charge is 2.39. The Balaban J connectivity index is 1.54. The van der Waals surface area contributed by atoms with Gasteiger partial charge in [0.2, 0.25) is 5.91 Å². The van der Waals surface area contributed by atoms with Gasteiger partial charge in [-0.15, -0.1) is 0 Å². The topological polar surface area (TPSA) is 90.6 Å². The van der Waals surface area contributed by atoms with E-state index >= 15 is 0 Å². The highest BCUT2D eigenvalue weighted by Crippen LogP contribution is 2.47. The number of aromatic nitrogens is 2. The minimum Gasteiger partial charge on any atom is -0.489 e. The second kappa shape index (κ2) is 10.6. The maximum atomic E-state index is 14.3. The normalized spacial score (nSPS) is 16.7. The molecule has 1 atom stereocenters. The van der Waals surface area contributed by atoms with Crippen LogP contribution in [0.1, 0.15) is 41.3 Å². The number of rotatable bonds is 5. The van der Waals surface area contributed by atoms with E-state index in [2.05, 4.69) is 42.0 Å². The molecule has 2 N–H and O–H groups in total. The fraction of sp³-hybridized carbons (Fsp3) is 0.281. The zero-order chi connectivity index (χ0) is 28.8. The van der Waals surface area contributed by atoms with Crippen LogP contribution in [-0.2, 0) is 4.79 Å². The molecule has 0 bridgehead atoms. The summed E-state index contributed by atoms with van der Waals surface area (Å²) < 4.78 is 6.41. The van der Waals surface area contributed by atoms with Crippen molar-refractivity contribution in [1.29, 1.82) is 0 Å². The molecule has 2 amide bonds. The van der Waals surface area contributed by atoms with Crippen molar-refractivity contribution in [2.75, 3.05) is 31.6 Å². The van der Waals surface area contributed by atoms with Crippen LogP contribution < -0.4 is 10.1 Å². The van der Waals surface area contributed by atoms with Crippen molar-refractivity contribution in [1.82, 2.24) is 20.0 Å². The van der Waals surface area contributed by atoms with Crippen LogP contribution in [0, 0.1) is 6.92 Å². The number of aromatic amines is 1. The van der Waals surface area contributed by atoms with Gasteiger partial charge in [0.15, 0.2) is 5.75 Å². The number of carbonyl (C=O) groups excluding carboxylic acids is 2. The Labute approximate surface area is 243 Å². The smallest absolute Gasteiger partial charge is 0.260 e. The second-order valence-electron chi connectivity index (χ2n) is 10.9. The zero-order valence-corrected chi connectivity index (χ0v) is 24.1. The molecule has 8 nitrogen and oxygen atoms in total. The minimum absolute atomic E-state index is 0.157. The zero-order valence-electron chi connectivity index (χ0n) is 23.3. The standard InChI is InChI=1S/C32H32ClN5O3/c1-5-27(39)37-12-13-38-20(16-37)17-41-31-29(32(38)40)26(35-24-9-7-6-8-21(24)18(2)3)14-22(30(31)33)28-19(4)10-11-25-23(28)15-34-36-25/h5-11,14-15,18,20,35H,1,12-13,16-17H2,2-4H3,(H,34,36)/t20-/m1/s1. The number of halogens is 1. The Morgan fingerprint density at radius 3 is 2.78 bits per heavy atom. The molecule has 4 aromatic rings. The molecule has 41 heavy (non-hydrogen) atoms. The van der Waals surface area contributed by atoms with Crippen LogP contribution in [0.3, 0.4) is 0 Å². The Kier molecular flexibility index (Phi) is 6.95. The summed E-state index contributed by atoms with van der Waals surface area (Å²) in [4.78, 5) is 30.2. The van der Waals surface area contributed by atoms with Gasteiger partial charge < -0.3 is 19.9 Å². The van der Waals surface area contributed by atoms with Gasteiger partial charge in [0.1, 0.15) is 12.2 Å². The first-order chi connectivity index (χ1) is 19.8. The van der Waals surface area contributed by atoms with Crippen molar-refractivity contribution in [2.45, 2.75) is 32.7 Å². The van der Waals surface area contributed by atoms with E-state index in [-0.39, 0.29) is 30.4 Å². The molecule has 0 radical (unpaired) electrons. The van der Waals surface area contributed by atoms with Crippen LogP contribution in [0.25, 0.3) is 22.0 Å². The van der Waals surface area contributed by atoms with Crippen molar-refractivity contribution in [3.05, 3.63) is 83.0 Å². The number of para-hydroxylation sites is 1. The van der Waals surface area contributed by atoms with E-state index in [9.17, 15) is 9.59 Å². The number of piperazine rings is 1. The summed E-state index contributed by atoms with van der Waals surface area (Å²) >= 11 is 7.16. The number of ether oxygens (including phenoxy) is 1. The summed E-state index contributed by atoms with van der Waals surface area (Å²) in [5.74, 6) is 0.271. The molecule has 3 heterocycles. The van der Waals surface area contributed by atoms with Crippen molar-refractivity contribution in [3.63, 3.8) is 0 Å². The molecule has 0 spiro atoms. The lowest BCUT2D eigenvalue weighted by molar-refractivity contribution is -0.128. The monoisotopic (exact) mass is 569 g/mol. The van der Waals surface area contributed by atoms with E-state index in [0.29, 0.717) is 41.7 Å². The predicted molar refractivity (Wildman–Crippen MR) is 162 cm³/mol. The summed E-state index contributed by atoms with van der Waals surface area (Å²) in [6.45, 7) is 11.3. The number of benzene rings is 3. The van der Waals surface area contributed by atoms with Gasteiger partial charge in [0, 0.05) is 36.3 Å². The summed E-state index contributed by atoms with van der Waals surface area (Å²) in [6.07, 6.45) is 3.10. The average Bonchev–Trinajstić information content (AvgIpc) is 3.39. The summed E-state index contributed by atoms with van der Waals surface area (Å²) in [6, 6.07) is 13.7. The molecule has 2 aliphatic rings. The van der Waals surface area contributed by atoms with Crippen LogP contribution in [0.15, 0.2) is 61.3 Å². The number of hydrogen-bond acceptors (Lipinski definition) is 5. The number of aryl methyl sites for hydroxylation is 1. The molecule has 3 aromatic carbocycles. The van der Waals surface area contributed by atoms with Crippen molar-refractivity contribution in [2.24, 2.45) is 0 Å². The lowest BCUT2D eigenvalue weighted by atomic mass is 9.93. The van der Waals surface area contributed by atoms with Gasteiger partial charge in [0.25, 0.3) is 5.91 Å². The van der Waals surface area contributed by atoms with Crippen molar-refractivity contribution >= 4 is 45.7 Å². The molecule has 1 saturated heterocycles. The van der Waals surface area contributed by atoms with Crippen LogP contribution in [0.5, 0.6) is 5.75 Å². The van der Waals surface area contributed by atoms with E-state index in [1.54, 1.807) is 16.0 Å². The fourth-order valence-corrected chi connectivity index (χ4v) is 6.22. The third-order valence-corrected chi connectivity index (χ3v) is 8.41. The van der Waals surface area contributed by atoms with E-state index in [1.165, 1.54) is 6.08 Å². The summed E-state index contributed by atoms with van der Waals surface area (Å²) in [5.41, 5.74) is 6.61. The first-order valence-corrected chi connectivity index (χ1v) is 14.2. The molecule has 1 aromatic heterocycles. The summed E-state index contributed by atoms with van der Waals surface area (Å²) in [5, 5.41) is 12.2. The highest BCUT2D eigenvalue weighted by molar-refractivity contribution is 6.36.